The summed E-state index contributed by atoms with van der Waals surface area (Å²) in [4.78, 5) is 10.2. The summed E-state index contributed by atoms with van der Waals surface area (Å²) < 4.78 is 9.93. The van der Waals surface area contributed by atoms with Crippen molar-refractivity contribution in [2.45, 2.75) is 20.5 Å². The highest BCUT2D eigenvalue weighted by Crippen LogP contribution is 2.13. The Kier molecular flexibility index (Phi) is 4.64. The normalized spacial score (nSPS) is 10.2. The van der Waals surface area contributed by atoms with Crippen LogP contribution in [0.15, 0.2) is 24.3 Å². The summed E-state index contributed by atoms with van der Waals surface area (Å²) in [5.41, 5.74) is 0.805. The second kappa shape index (κ2) is 6.00. The molecule has 0 heterocycles. The monoisotopic (exact) mass is 224 g/mol. The first kappa shape index (κ1) is 12.4. The Morgan fingerprint density at radius 3 is 2.44 bits per heavy atom. The number of benzene rings is 1. The molecule has 4 heteroatoms. The molecule has 0 aliphatic carbocycles. The van der Waals surface area contributed by atoms with Gasteiger partial charge in [-0.05, 0) is 23.6 Å². The van der Waals surface area contributed by atoms with Crippen LogP contribution in [0.4, 0.5) is 4.79 Å². The standard InChI is InChI=1S/C12H16O4/c1-9(2)7-15-11-5-3-10(4-6-11)8-16-12(13)14/h3-6,9H,7-8H2,1-2H3,(H,13,14). The van der Waals surface area contributed by atoms with E-state index in [2.05, 4.69) is 18.6 Å². The minimum absolute atomic E-state index is 0.0692. The van der Waals surface area contributed by atoms with Crippen molar-refractivity contribution in [2.75, 3.05) is 6.61 Å². The quantitative estimate of drug-likeness (QED) is 0.781. The first-order valence-corrected chi connectivity index (χ1v) is 5.15. The Labute approximate surface area is 94.8 Å². The van der Waals surface area contributed by atoms with Crippen molar-refractivity contribution in [1.29, 1.82) is 0 Å². The van der Waals surface area contributed by atoms with Crippen LogP contribution in [0, 0.1) is 5.92 Å². The van der Waals surface area contributed by atoms with E-state index in [0.29, 0.717) is 12.5 Å². The van der Waals surface area contributed by atoms with E-state index in [4.69, 9.17) is 9.84 Å². The molecular weight excluding hydrogens is 208 g/mol. The maximum absolute atomic E-state index is 10.2. The molecule has 0 unspecified atom stereocenters. The van der Waals surface area contributed by atoms with Crippen LogP contribution in [0.25, 0.3) is 0 Å². The molecule has 4 nitrogen and oxygen atoms in total. The molecule has 1 aromatic rings. The van der Waals surface area contributed by atoms with E-state index in [0.717, 1.165) is 11.3 Å². The van der Waals surface area contributed by atoms with Crippen LogP contribution in [0.2, 0.25) is 0 Å². The number of hydrogen-bond donors (Lipinski definition) is 1. The molecular formula is C12H16O4. The highest BCUT2D eigenvalue weighted by atomic mass is 16.7. The SMILES string of the molecule is CC(C)COc1ccc(COC(=O)O)cc1. The van der Waals surface area contributed by atoms with Crippen molar-refractivity contribution < 1.29 is 19.4 Å². The van der Waals surface area contributed by atoms with Gasteiger partial charge in [-0.1, -0.05) is 26.0 Å². The highest BCUT2D eigenvalue weighted by Gasteiger charge is 2.00. The van der Waals surface area contributed by atoms with Crippen LogP contribution >= 0.6 is 0 Å². The fourth-order valence-corrected chi connectivity index (χ4v) is 1.09. The van der Waals surface area contributed by atoms with Crippen LogP contribution in [0.1, 0.15) is 19.4 Å². The Morgan fingerprint density at radius 1 is 1.31 bits per heavy atom. The maximum Gasteiger partial charge on any atom is 0.506 e. The van der Waals surface area contributed by atoms with E-state index in [-0.39, 0.29) is 6.61 Å². The van der Waals surface area contributed by atoms with Gasteiger partial charge in [0.2, 0.25) is 0 Å². The average molecular weight is 224 g/mol. The van der Waals surface area contributed by atoms with E-state index in [1.54, 1.807) is 12.1 Å². The third-order valence-electron chi connectivity index (χ3n) is 1.87. The second-order valence-corrected chi connectivity index (χ2v) is 3.90. The van der Waals surface area contributed by atoms with Gasteiger partial charge in [-0.2, -0.15) is 0 Å². The summed E-state index contributed by atoms with van der Waals surface area (Å²) in [5.74, 6) is 1.27. The minimum atomic E-state index is -1.26. The number of ether oxygens (including phenoxy) is 2. The fraction of sp³-hybridized carbons (Fsp3) is 0.417. The molecule has 0 spiro atoms. The first-order valence-electron chi connectivity index (χ1n) is 5.15. The molecule has 0 amide bonds. The van der Waals surface area contributed by atoms with Gasteiger partial charge in [-0.15, -0.1) is 0 Å². The molecule has 0 saturated carbocycles. The van der Waals surface area contributed by atoms with Gasteiger partial charge in [-0.25, -0.2) is 4.79 Å². The van der Waals surface area contributed by atoms with E-state index in [1.807, 2.05) is 12.1 Å². The van der Waals surface area contributed by atoms with Gasteiger partial charge < -0.3 is 14.6 Å². The largest absolute Gasteiger partial charge is 0.506 e. The van der Waals surface area contributed by atoms with Crippen LogP contribution in [0.3, 0.4) is 0 Å². The van der Waals surface area contributed by atoms with Crippen molar-refractivity contribution in [2.24, 2.45) is 5.92 Å². The van der Waals surface area contributed by atoms with Crippen molar-refractivity contribution in [1.82, 2.24) is 0 Å². The van der Waals surface area contributed by atoms with Gasteiger partial charge in [0.05, 0.1) is 6.61 Å². The Balaban J connectivity index is 2.44. The maximum atomic E-state index is 10.2. The van der Waals surface area contributed by atoms with E-state index in [1.165, 1.54) is 0 Å². The Bertz CT molecular complexity index is 329. The Hall–Kier alpha value is -1.71. The van der Waals surface area contributed by atoms with Gasteiger partial charge in [0.15, 0.2) is 0 Å². The Morgan fingerprint density at radius 2 is 1.94 bits per heavy atom. The van der Waals surface area contributed by atoms with E-state index < -0.39 is 6.16 Å². The van der Waals surface area contributed by atoms with Crippen LogP contribution in [-0.2, 0) is 11.3 Å². The number of rotatable bonds is 5. The molecule has 16 heavy (non-hydrogen) atoms. The van der Waals surface area contributed by atoms with Gasteiger partial charge in [0.25, 0.3) is 0 Å². The van der Waals surface area contributed by atoms with Crippen LogP contribution in [-0.4, -0.2) is 17.9 Å². The molecule has 0 aromatic heterocycles. The zero-order chi connectivity index (χ0) is 12.0. The molecule has 0 saturated heterocycles. The topological polar surface area (TPSA) is 55.8 Å². The van der Waals surface area contributed by atoms with Gasteiger partial charge in [-0.3, -0.25) is 0 Å². The highest BCUT2D eigenvalue weighted by molar-refractivity contribution is 5.56. The van der Waals surface area contributed by atoms with Crippen molar-refractivity contribution in [3.8, 4) is 5.75 Å². The average Bonchev–Trinajstić information content (AvgIpc) is 2.25. The molecule has 0 fully saturated rings. The molecule has 88 valence electrons. The lowest BCUT2D eigenvalue weighted by Crippen LogP contribution is -2.04. The molecule has 0 radical (unpaired) electrons. The summed E-state index contributed by atoms with van der Waals surface area (Å²) in [6.07, 6.45) is -1.26. The summed E-state index contributed by atoms with van der Waals surface area (Å²) in [6, 6.07) is 7.20. The van der Waals surface area contributed by atoms with Gasteiger partial charge in [0.1, 0.15) is 12.4 Å². The molecule has 0 aliphatic rings. The molecule has 0 aliphatic heterocycles. The third-order valence-corrected chi connectivity index (χ3v) is 1.87. The fourth-order valence-electron chi connectivity index (χ4n) is 1.09. The third kappa shape index (κ3) is 4.68. The van der Waals surface area contributed by atoms with Gasteiger partial charge >= 0.3 is 6.16 Å². The van der Waals surface area contributed by atoms with Crippen molar-refractivity contribution in [3.63, 3.8) is 0 Å². The van der Waals surface area contributed by atoms with E-state index >= 15 is 0 Å². The summed E-state index contributed by atoms with van der Waals surface area (Å²) in [5, 5.41) is 8.33. The van der Waals surface area contributed by atoms with Crippen LogP contribution in [0.5, 0.6) is 5.75 Å². The minimum Gasteiger partial charge on any atom is -0.493 e. The second-order valence-electron chi connectivity index (χ2n) is 3.90. The van der Waals surface area contributed by atoms with Crippen molar-refractivity contribution >= 4 is 6.16 Å². The summed E-state index contributed by atoms with van der Waals surface area (Å²) in [6.45, 7) is 4.90. The lowest BCUT2D eigenvalue weighted by atomic mass is 10.2. The zero-order valence-electron chi connectivity index (χ0n) is 9.47. The van der Waals surface area contributed by atoms with Crippen molar-refractivity contribution in [3.05, 3.63) is 29.8 Å². The molecule has 1 N–H and O–H groups in total. The first-order chi connectivity index (χ1) is 7.58. The lowest BCUT2D eigenvalue weighted by molar-refractivity contribution is 0.0853. The molecule has 0 atom stereocenters. The lowest BCUT2D eigenvalue weighted by Gasteiger charge is -2.09. The number of carbonyl (C=O) groups is 1. The molecule has 1 rings (SSSR count). The van der Waals surface area contributed by atoms with E-state index in [9.17, 15) is 4.79 Å². The smallest absolute Gasteiger partial charge is 0.493 e. The number of hydrogen-bond acceptors (Lipinski definition) is 3. The molecule has 0 bridgehead atoms. The molecule has 1 aromatic carbocycles. The summed E-state index contributed by atoms with van der Waals surface area (Å²) in [7, 11) is 0. The summed E-state index contributed by atoms with van der Waals surface area (Å²) >= 11 is 0. The zero-order valence-corrected chi connectivity index (χ0v) is 9.47. The number of carboxylic acid groups (broad SMARTS) is 1. The van der Waals surface area contributed by atoms with Gasteiger partial charge in [0, 0.05) is 0 Å². The predicted molar refractivity (Wildman–Crippen MR) is 59.6 cm³/mol. The predicted octanol–water partition coefficient (Wildman–Crippen LogP) is 2.92. The van der Waals surface area contributed by atoms with Crippen LogP contribution < -0.4 is 4.74 Å².